The smallest absolute Gasteiger partial charge is 0.407 e. The number of amides is 1. The van der Waals surface area contributed by atoms with Gasteiger partial charge >= 0.3 is 6.09 Å². The van der Waals surface area contributed by atoms with E-state index in [1.54, 1.807) is 14.2 Å². The van der Waals surface area contributed by atoms with Crippen LogP contribution in [0.15, 0.2) is 60.7 Å². The molecule has 6 nitrogen and oxygen atoms in total. The maximum Gasteiger partial charge on any atom is 0.407 e. The molecule has 0 spiro atoms. The molecule has 184 valence electrons. The lowest BCUT2D eigenvalue weighted by molar-refractivity contribution is 0.142. The number of hydrogen-bond acceptors (Lipinski definition) is 5. The molecule has 0 atom stereocenters. The van der Waals surface area contributed by atoms with Gasteiger partial charge in [0, 0.05) is 18.1 Å². The summed E-state index contributed by atoms with van der Waals surface area (Å²) >= 11 is 0. The Hall–Kier alpha value is -3.67. The summed E-state index contributed by atoms with van der Waals surface area (Å²) in [6, 6.07) is 20.2. The predicted octanol–water partition coefficient (Wildman–Crippen LogP) is 6.31. The third-order valence-electron chi connectivity index (χ3n) is 6.35. The highest BCUT2D eigenvalue weighted by atomic mass is 16.5. The zero-order chi connectivity index (χ0) is 24.6. The van der Waals surface area contributed by atoms with Crippen molar-refractivity contribution in [2.75, 3.05) is 27.4 Å². The number of fused-ring (bicyclic) bond motifs is 3. The van der Waals surface area contributed by atoms with Crippen LogP contribution in [-0.2, 0) is 11.3 Å². The highest BCUT2D eigenvalue weighted by Gasteiger charge is 2.29. The second-order valence-electron chi connectivity index (χ2n) is 8.54. The van der Waals surface area contributed by atoms with Crippen LogP contribution >= 0.6 is 0 Å². The summed E-state index contributed by atoms with van der Waals surface area (Å²) in [4.78, 5) is 12.6. The molecule has 0 radical (unpaired) electrons. The molecule has 0 aromatic heterocycles. The molecule has 0 bridgehead atoms. The van der Waals surface area contributed by atoms with Gasteiger partial charge in [-0.25, -0.2) is 4.79 Å². The zero-order valence-corrected chi connectivity index (χ0v) is 20.6. The van der Waals surface area contributed by atoms with E-state index >= 15 is 0 Å². The Kier molecular flexibility index (Phi) is 8.14. The number of ether oxygens (including phenoxy) is 4. The first-order chi connectivity index (χ1) is 17.2. The molecule has 6 heteroatoms. The average molecular weight is 476 g/mol. The van der Waals surface area contributed by atoms with E-state index in [0.717, 1.165) is 24.8 Å². The van der Waals surface area contributed by atoms with Gasteiger partial charge in [0.15, 0.2) is 0 Å². The molecular weight excluding hydrogens is 442 g/mol. The number of nitrogens with one attached hydrogen (secondary N) is 1. The van der Waals surface area contributed by atoms with Gasteiger partial charge in [-0.15, -0.1) is 0 Å². The minimum atomic E-state index is -0.490. The molecule has 1 aliphatic rings. The van der Waals surface area contributed by atoms with E-state index in [9.17, 15) is 4.79 Å². The number of benzene rings is 3. The molecule has 0 heterocycles. The molecule has 1 aliphatic carbocycles. The average Bonchev–Trinajstić information content (AvgIpc) is 3.22. The minimum Gasteiger partial charge on any atom is -0.496 e. The topological polar surface area (TPSA) is 66.0 Å². The van der Waals surface area contributed by atoms with Crippen molar-refractivity contribution in [3.05, 3.63) is 77.4 Å². The summed E-state index contributed by atoms with van der Waals surface area (Å²) in [7, 11) is 3.18. The Bertz CT molecular complexity index is 1090. The van der Waals surface area contributed by atoms with E-state index in [2.05, 4.69) is 36.5 Å². The normalized spacial score (nSPS) is 12.0. The van der Waals surface area contributed by atoms with Crippen LogP contribution in [0.4, 0.5) is 4.79 Å². The second-order valence-corrected chi connectivity index (χ2v) is 8.54. The molecule has 35 heavy (non-hydrogen) atoms. The molecule has 0 saturated heterocycles. The van der Waals surface area contributed by atoms with Crippen LogP contribution in [0.3, 0.4) is 0 Å². The number of rotatable bonds is 11. The Balaban J connectivity index is 1.39. The lowest BCUT2D eigenvalue weighted by Crippen LogP contribution is -2.26. The van der Waals surface area contributed by atoms with E-state index in [4.69, 9.17) is 18.9 Å². The van der Waals surface area contributed by atoms with Crippen molar-refractivity contribution in [3.8, 4) is 28.4 Å². The standard InChI is InChI=1S/C29H33NO5/c1-4-5-10-15-34-20-16-27(32-2)25(28(17-20)33-3)18-30-29(31)35-19-26-23-13-8-6-11-21(23)22-12-7-9-14-24(22)26/h6-9,11-14,16-17,26H,4-5,10,15,18-19H2,1-3H3,(H,30,31). The molecule has 1 N–H and O–H groups in total. The lowest BCUT2D eigenvalue weighted by Gasteiger charge is -2.17. The van der Waals surface area contributed by atoms with Crippen LogP contribution in [-0.4, -0.2) is 33.5 Å². The van der Waals surface area contributed by atoms with Gasteiger partial charge in [0.25, 0.3) is 0 Å². The van der Waals surface area contributed by atoms with Gasteiger partial charge in [-0.05, 0) is 28.7 Å². The van der Waals surface area contributed by atoms with E-state index in [-0.39, 0.29) is 19.1 Å². The van der Waals surface area contributed by atoms with Crippen LogP contribution in [0, 0.1) is 0 Å². The Labute approximate surface area is 207 Å². The molecule has 1 amide bonds. The van der Waals surface area contributed by atoms with Crippen molar-refractivity contribution in [2.24, 2.45) is 0 Å². The monoisotopic (exact) mass is 475 g/mol. The number of carbonyl (C=O) groups excluding carboxylic acids is 1. The first kappa shape index (κ1) is 24.5. The van der Waals surface area contributed by atoms with Crippen LogP contribution < -0.4 is 19.5 Å². The van der Waals surface area contributed by atoms with Gasteiger partial charge in [0.05, 0.1) is 32.9 Å². The quantitative estimate of drug-likeness (QED) is 0.329. The Morgan fingerprint density at radius 3 is 2.06 bits per heavy atom. The van der Waals surface area contributed by atoms with Gasteiger partial charge in [-0.2, -0.15) is 0 Å². The van der Waals surface area contributed by atoms with Crippen molar-refractivity contribution >= 4 is 6.09 Å². The van der Waals surface area contributed by atoms with Gasteiger partial charge < -0.3 is 24.3 Å². The minimum absolute atomic E-state index is 0.0152. The maximum absolute atomic E-state index is 12.6. The summed E-state index contributed by atoms with van der Waals surface area (Å²) < 4.78 is 22.6. The third-order valence-corrected chi connectivity index (χ3v) is 6.35. The fourth-order valence-electron chi connectivity index (χ4n) is 4.57. The van der Waals surface area contributed by atoms with Gasteiger partial charge in [-0.1, -0.05) is 68.3 Å². The van der Waals surface area contributed by atoms with Crippen molar-refractivity contribution in [1.29, 1.82) is 0 Å². The third kappa shape index (κ3) is 5.53. The van der Waals surface area contributed by atoms with E-state index in [1.807, 2.05) is 36.4 Å². The predicted molar refractivity (Wildman–Crippen MR) is 136 cm³/mol. The molecule has 0 aliphatic heterocycles. The van der Waals surface area contributed by atoms with Crippen LogP contribution in [0.25, 0.3) is 11.1 Å². The molecular formula is C29H33NO5. The first-order valence-electron chi connectivity index (χ1n) is 12.1. The molecule has 4 rings (SSSR count). The molecule has 0 unspecified atom stereocenters. The lowest BCUT2D eigenvalue weighted by atomic mass is 9.98. The SMILES string of the molecule is CCCCCOc1cc(OC)c(CNC(=O)OCC2c3ccccc3-c3ccccc32)c(OC)c1. The summed E-state index contributed by atoms with van der Waals surface area (Å²) in [5, 5.41) is 2.84. The van der Waals surface area contributed by atoms with Crippen LogP contribution in [0.5, 0.6) is 17.2 Å². The number of hydrogen-bond donors (Lipinski definition) is 1. The van der Waals surface area contributed by atoms with Gasteiger partial charge in [-0.3, -0.25) is 0 Å². The second kappa shape index (κ2) is 11.6. The first-order valence-corrected chi connectivity index (χ1v) is 12.1. The number of carbonyl (C=O) groups is 1. The van der Waals surface area contributed by atoms with Crippen molar-refractivity contribution in [3.63, 3.8) is 0 Å². The zero-order valence-electron chi connectivity index (χ0n) is 20.6. The highest BCUT2D eigenvalue weighted by molar-refractivity contribution is 5.79. The van der Waals surface area contributed by atoms with Crippen LogP contribution in [0.1, 0.15) is 48.8 Å². The Morgan fingerprint density at radius 2 is 1.49 bits per heavy atom. The summed E-state index contributed by atoms with van der Waals surface area (Å²) in [6.45, 7) is 3.26. The van der Waals surface area contributed by atoms with E-state index < -0.39 is 6.09 Å². The van der Waals surface area contributed by atoms with E-state index in [0.29, 0.717) is 23.9 Å². The molecule has 3 aromatic rings. The molecule has 0 saturated carbocycles. The highest BCUT2D eigenvalue weighted by Crippen LogP contribution is 2.44. The van der Waals surface area contributed by atoms with E-state index in [1.165, 1.54) is 22.3 Å². The number of methoxy groups -OCH3 is 2. The molecule has 0 fully saturated rings. The van der Waals surface area contributed by atoms with Crippen molar-refractivity contribution in [2.45, 2.75) is 38.6 Å². The van der Waals surface area contributed by atoms with Crippen molar-refractivity contribution in [1.82, 2.24) is 5.32 Å². The maximum atomic E-state index is 12.6. The largest absolute Gasteiger partial charge is 0.496 e. The number of unbranched alkanes of at least 4 members (excludes halogenated alkanes) is 2. The fourth-order valence-corrected chi connectivity index (χ4v) is 4.57. The Morgan fingerprint density at radius 1 is 0.886 bits per heavy atom. The fraction of sp³-hybridized carbons (Fsp3) is 0.345. The van der Waals surface area contributed by atoms with Crippen LogP contribution in [0.2, 0.25) is 0 Å². The summed E-state index contributed by atoms with van der Waals surface area (Å²) in [5.41, 5.74) is 5.48. The van der Waals surface area contributed by atoms with Crippen molar-refractivity contribution < 1.29 is 23.7 Å². The van der Waals surface area contributed by atoms with Gasteiger partial charge in [0.2, 0.25) is 0 Å². The van der Waals surface area contributed by atoms with Gasteiger partial charge in [0.1, 0.15) is 23.9 Å². The summed E-state index contributed by atoms with van der Waals surface area (Å²) in [6.07, 6.45) is 2.76. The number of alkyl carbamates (subject to hydrolysis) is 1. The summed E-state index contributed by atoms with van der Waals surface area (Å²) in [5.74, 6) is 1.88. The molecule has 3 aromatic carbocycles.